The summed E-state index contributed by atoms with van der Waals surface area (Å²) in [6.07, 6.45) is 0. The van der Waals surface area contributed by atoms with Crippen LogP contribution >= 0.6 is 0 Å². The van der Waals surface area contributed by atoms with Gasteiger partial charge in [0.2, 0.25) is 5.91 Å². The van der Waals surface area contributed by atoms with Gasteiger partial charge < -0.3 is 15.1 Å². The van der Waals surface area contributed by atoms with E-state index in [1.807, 2.05) is 76.2 Å². The third kappa shape index (κ3) is 4.25. The molecule has 0 radical (unpaired) electrons. The van der Waals surface area contributed by atoms with Crippen molar-refractivity contribution < 1.29 is 14.0 Å². The molecule has 0 aliphatic rings. The van der Waals surface area contributed by atoms with Crippen LogP contribution in [0.15, 0.2) is 59.0 Å². The summed E-state index contributed by atoms with van der Waals surface area (Å²) >= 11 is 0. The highest BCUT2D eigenvalue weighted by Crippen LogP contribution is 2.23. The van der Waals surface area contributed by atoms with Crippen LogP contribution in [0.3, 0.4) is 0 Å². The van der Waals surface area contributed by atoms with Crippen molar-refractivity contribution in [3.05, 3.63) is 71.5 Å². The van der Waals surface area contributed by atoms with E-state index in [0.717, 1.165) is 16.5 Å². The molecule has 3 aromatic rings. The van der Waals surface area contributed by atoms with Crippen LogP contribution in [0.5, 0.6) is 0 Å². The van der Waals surface area contributed by atoms with Gasteiger partial charge in [0.1, 0.15) is 17.4 Å². The van der Waals surface area contributed by atoms with Crippen LogP contribution in [0.1, 0.15) is 48.5 Å². The lowest BCUT2D eigenvalue weighted by atomic mass is 10.0. The second-order valence-electron chi connectivity index (χ2n) is 7.43. The maximum atomic E-state index is 12.9. The summed E-state index contributed by atoms with van der Waals surface area (Å²) < 4.78 is 5.84. The van der Waals surface area contributed by atoms with Crippen LogP contribution in [-0.4, -0.2) is 17.9 Å². The van der Waals surface area contributed by atoms with Crippen molar-refractivity contribution in [1.29, 1.82) is 0 Å². The minimum absolute atomic E-state index is 0.0594. The van der Waals surface area contributed by atoms with Crippen LogP contribution in [0, 0.1) is 12.8 Å². The van der Waals surface area contributed by atoms with Gasteiger partial charge in [-0.3, -0.25) is 9.59 Å². The Kier molecular flexibility index (Phi) is 5.83. The first-order valence-electron chi connectivity index (χ1n) is 9.52. The Hall–Kier alpha value is -3.08. The molecule has 1 heterocycles. The fraction of sp³-hybridized carbons (Fsp3) is 0.304. The second-order valence-corrected chi connectivity index (χ2v) is 7.43. The first-order chi connectivity index (χ1) is 13.4. The first-order valence-corrected chi connectivity index (χ1v) is 9.52. The van der Waals surface area contributed by atoms with Crippen molar-refractivity contribution in [1.82, 2.24) is 10.6 Å². The largest absolute Gasteiger partial charge is 0.459 e. The number of carbonyl (C=O) groups is 2. The zero-order valence-electron chi connectivity index (χ0n) is 16.7. The maximum absolute atomic E-state index is 12.9. The minimum atomic E-state index is -0.640. The summed E-state index contributed by atoms with van der Waals surface area (Å²) in [5.41, 5.74) is 2.23. The van der Waals surface area contributed by atoms with E-state index in [1.54, 1.807) is 6.07 Å². The number of carbonyl (C=O) groups excluding carboxylic acids is 2. The van der Waals surface area contributed by atoms with Gasteiger partial charge >= 0.3 is 0 Å². The summed E-state index contributed by atoms with van der Waals surface area (Å²) in [6.45, 7) is 7.57. The van der Waals surface area contributed by atoms with E-state index in [4.69, 9.17) is 4.42 Å². The monoisotopic (exact) mass is 378 g/mol. The Bertz CT molecular complexity index is 957. The number of amides is 2. The van der Waals surface area contributed by atoms with Crippen LogP contribution in [-0.2, 0) is 4.79 Å². The molecular weight excluding hydrogens is 352 g/mol. The lowest BCUT2D eigenvalue weighted by Crippen LogP contribution is -2.50. The molecule has 0 aliphatic heterocycles. The Morgan fingerprint density at radius 3 is 2.29 bits per heavy atom. The lowest BCUT2D eigenvalue weighted by molar-refractivity contribution is -0.124. The fourth-order valence-corrected chi connectivity index (χ4v) is 3.17. The zero-order chi connectivity index (χ0) is 20.3. The summed E-state index contributed by atoms with van der Waals surface area (Å²) in [7, 11) is 0. The Morgan fingerprint density at radius 1 is 0.929 bits per heavy atom. The number of hydrogen-bond donors (Lipinski definition) is 2. The van der Waals surface area contributed by atoms with E-state index >= 15 is 0 Å². The van der Waals surface area contributed by atoms with Crippen LogP contribution in [0.4, 0.5) is 0 Å². The van der Waals surface area contributed by atoms with E-state index in [2.05, 4.69) is 10.6 Å². The van der Waals surface area contributed by atoms with Crippen LogP contribution < -0.4 is 10.6 Å². The molecular formula is C23H26N2O3. The van der Waals surface area contributed by atoms with Gasteiger partial charge in [0, 0.05) is 10.9 Å². The van der Waals surface area contributed by atoms with Crippen molar-refractivity contribution in [2.45, 2.75) is 39.8 Å². The second kappa shape index (κ2) is 8.30. The third-order valence-electron chi connectivity index (χ3n) is 4.86. The SMILES string of the molecule is Cc1ccccc1C(=O)NC(C(=O)NC(C)c1cc2ccccc2o1)C(C)C. The summed E-state index contributed by atoms with van der Waals surface area (Å²) in [5.74, 6) is 0.145. The predicted molar refractivity (Wildman–Crippen MR) is 110 cm³/mol. The van der Waals surface area contributed by atoms with Gasteiger partial charge in [-0.05, 0) is 43.5 Å². The van der Waals surface area contributed by atoms with Crippen molar-refractivity contribution in [3.63, 3.8) is 0 Å². The van der Waals surface area contributed by atoms with Crippen LogP contribution in [0.25, 0.3) is 11.0 Å². The Morgan fingerprint density at radius 2 is 1.61 bits per heavy atom. The Labute approximate surface area is 165 Å². The molecule has 2 aromatic carbocycles. The molecule has 0 bridgehead atoms. The van der Waals surface area contributed by atoms with Gasteiger partial charge in [-0.15, -0.1) is 0 Å². The predicted octanol–water partition coefficient (Wildman–Crippen LogP) is 4.37. The smallest absolute Gasteiger partial charge is 0.252 e. The van der Waals surface area contributed by atoms with E-state index in [1.165, 1.54) is 0 Å². The Balaban J connectivity index is 1.72. The fourth-order valence-electron chi connectivity index (χ4n) is 3.17. The molecule has 2 unspecified atom stereocenters. The first kappa shape index (κ1) is 19.7. The van der Waals surface area contributed by atoms with E-state index < -0.39 is 6.04 Å². The molecule has 28 heavy (non-hydrogen) atoms. The van der Waals surface area contributed by atoms with Gasteiger partial charge in [-0.25, -0.2) is 0 Å². The molecule has 0 aliphatic carbocycles. The van der Waals surface area contributed by atoms with Gasteiger partial charge in [0.05, 0.1) is 6.04 Å². The molecule has 0 saturated heterocycles. The number of aryl methyl sites for hydroxylation is 1. The highest BCUT2D eigenvalue weighted by Gasteiger charge is 2.27. The number of nitrogens with one attached hydrogen (secondary N) is 2. The molecule has 2 atom stereocenters. The number of fused-ring (bicyclic) bond motifs is 1. The quantitative estimate of drug-likeness (QED) is 0.669. The number of rotatable bonds is 6. The van der Waals surface area contributed by atoms with Crippen molar-refractivity contribution in [2.24, 2.45) is 5.92 Å². The van der Waals surface area contributed by atoms with Crippen molar-refractivity contribution >= 4 is 22.8 Å². The third-order valence-corrected chi connectivity index (χ3v) is 4.86. The number of para-hydroxylation sites is 1. The molecule has 5 nitrogen and oxygen atoms in total. The highest BCUT2D eigenvalue weighted by atomic mass is 16.3. The van der Waals surface area contributed by atoms with Crippen molar-refractivity contribution in [3.8, 4) is 0 Å². The molecule has 146 valence electrons. The van der Waals surface area contributed by atoms with Gasteiger partial charge in [-0.1, -0.05) is 50.2 Å². The number of hydrogen-bond acceptors (Lipinski definition) is 3. The van der Waals surface area contributed by atoms with E-state index in [-0.39, 0.29) is 23.8 Å². The molecule has 0 spiro atoms. The lowest BCUT2D eigenvalue weighted by Gasteiger charge is -2.23. The molecule has 2 amide bonds. The summed E-state index contributed by atoms with van der Waals surface area (Å²) in [5, 5.41) is 6.83. The highest BCUT2D eigenvalue weighted by molar-refractivity contribution is 5.98. The number of furan rings is 1. The normalized spacial score (nSPS) is 13.3. The standard InChI is InChI=1S/C23H26N2O3/c1-14(2)21(25-22(26)18-11-7-5-9-15(18)3)23(27)24-16(4)20-13-17-10-6-8-12-19(17)28-20/h5-14,16,21H,1-4H3,(H,24,27)(H,25,26). The maximum Gasteiger partial charge on any atom is 0.252 e. The number of benzene rings is 2. The molecule has 2 N–H and O–H groups in total. The average molecular weight is 378 g/mol. The van der Waals surface area contributed by atoms with Crippen LogP contribution in [0.2, 0.25) is 0 Å². The molecule has 0 saturated carbocycles. The molecule has 0 fully saturated rings. The van der Waals surface area contributed by atoms with E-state index in [9.17, 15) is 9.59 Å². The van der Waals surface area contributed by atoms with Gasteiger partial charge in [0.15, 0.2) is 0 Å². The molecule has 1 aromatic heterocycles. The molecule has 5 heteroatoms. The van der Waals surface area contributed by atoms with Gasteiger partial charge in [0.25, 0.3) is 5.91 Å². The summed E-state index contributed by atoms with van der Waals surface area (Å²) in [6, 6.07) is 16.0. The topological polar surface area (TPSA) is 71.3 Å². The average Bonchev–Trinajstić information content (AvgIpc) is 3.10. The van der Waals surface area contributed by atoms with Crippen molar-refractivity contribution in [2.75, 3.05) is 0 Å². The minimum Gasteiger partial charge on any atom is -0.459 e. The van der Waals surface area contributed by atoms with Gasteiger partial charge in [-0.2, -0.15) is 0 Å². The zero-order valence-corrected chi connectivity index (χ0v) is 16.7. The summed E-state index contributed by atoms with van der Waals surface area (Å²) in [4.78, 5) is 25.5. The van der Waals surface area contributed by atoms with E-state index in [0.29, 0.717) is 11.3 Å². The molecule has 3 rings (SSSR count).